The molecule has 5 nitrogen and oxygen atoms in total. The Morgan fingerprint density at radius 1 is 1.53 bits per heavy atom. The van der Waals surface area contributed by atoms with Crippen LogP contribution in [-0.2, 0) is 4.79 Å². The van der Waals surface area contributed by atoms with Crippen molar-refractivity contribution < 1.29 is 9.53 Å². The summed E-state index contributed by atoms with van der Waals surface area (Å²) in [4.78, 5) is 13.6. The van der Waals surface area contributed by atoms with Gasteiger partial charge < -0.3 is 15.0 Å². The van der Waals surface area contributed by atoms with Crippen LogP contribution in [0.3, 0.4) is 0 Å². The van der Waals surface area contributed by atoms with Gasteiger partial charge in [-0.25, -0.2) is 0 Å². The molecule has 2 rings (SSSR count). The van der Waals surface area contributed by atoms with Gasteiger partial charge in [0.15, 0.2) is 6.61 Å². The second-order valence-corrected chi connectivity index (χ2v) is 5.20. The molecule has 0 fully saturated rings. The van der Waals surface area contributed by atoms with Gasteiger partial charge in [0.05, 0.1) is 17.2 Å². The maximum Gasteiger partial charge on any atom is 0.265 e. The number of benzene rings is 1. The highest BCUT2D eigenvalue weighted by molar-refractivity contribution is 5.98. The summed E-state index contributed by atoms with van der Waals surface area (Å²) in [5, 5.41) is 12.2. The van der Waals surface area contributed by atoms with E-state index in [2.05, 4.69) is 11.4 Å². The number of fused-ring (bicyclic) bond motifs is 1. The van der Waals surface area contributed by atoms with E-state index in [0.29, 0.717) is 18.0 Å². The second-order valence-electron chi connectivity index (χ2n) is 5.20. The first-order valence-electron chi connectivity index (χ1n) is 6.13. The molecule has 0 aromatic heterocycles. The largest absolute Gasteiger partial charge is 0.482 e. The topological polar surface area (TPSA) is 65.4 Å². The van der Waals surface area contributed by atoms with Gasteiger partial charge in [-0.05, 0) is 32.0 Å². The summed E-state index contributed by atoms with van der Waals surface area (Å²) < 4.78 is 5.41. The van der Waals surface area contributed by atoms with E-state index in [0.717, 1.165) is 5.69 Å². The fourth-order valence-corrected chi connectivity index (χ4v) is 1.96. The predicted molar refractivity (Wildman–Crippen MR) is 73.2 cm³/mol. The van der Waals surface area contributed by atoms with E-state index in [4.69, 9.17) is 10.00 Å². The molecule has 0 aliphatic carbocycles. The van der Waals surface area contributed by atoms with Gasteiger partial charge in [0, 0.05) is 19.3 Å². The Bertz CT molecular complexity index is 546. The molecule has 0 radical (unpaired) electrons. The van der Waals surface area contributed by atoms with Gasteiger partial charge in [-0.2, -0.15) is 5.26 Å². The van der Waals surface area contributed by atoms with Crippen molar-refractivity contribution in [3.8, 4) is 11.8 Å². The van der Waals surface area contributed by atoms with E-state index in [1.165, 1.54) is 0 Å². The van der Waals surface area contributed by atoms with Gasteiger partial charge in [0.1, 0.15) is 5.75 Å². The van der Waals surface area contributed by atoms with Gasteiger partial charge in [0.2, 0.25) is 0 Å². The molecule has 0 saturated heterocycles. The van der Waals surface area contributed by atoms with Crippen LogP contribution in [0, 0.1) is 16.7 Å². The fourth-order valence-electron chi connectivity index (χ4n) is 1.96. The number of ether oxygens (including phenoxy) is 1. The zero-order valence-corrected chi connectivity index (χ0v) is 11.4. The van der Waals surface area contributed by atoms with Crippen LogP contribution in [0.15, 0.2) is 18.2 Å². The Hall–Kier alpha value is -2.22. The highest BCUT2D eigenvalue weighted by Gasteiger charge is 2.31. The molecule has 100 valence electrons. The minimum Gasteiger partial charge on any atom is -0.482 e. The molecule has 0 bridgehead atoms. The average molecular weight is 259 g/mol. The van der Waals surface area contributed by atoms with Gasteiger partial charge in [-0.15, -0.1) is 0 Å². The second kappa shape index (κ2) is 4.81. The fraction of sp³-hybridized carbons (Fsp3) is 0.429. The van der Waals surface area contributed by atoms with Crippen LogP contribution in [0.5, 0.6) is 5.75 Å². The first-order valence-corrected chi connectivity index (χ1v) is 6.13. The Balaban J connectivity index is 2.40. The van der Waals surface area contributed by atoms with Crippen LogP contribution in [0.2, 0.25) is 0 Å². The van der Waals surface area contributed by atoms with E-state index in [1.54, 1.807) is 4.90 Å². The molecular formula is C14H17N3O2. The maximum absolute atomic E-state index is 12.0. The first kappa shape index (κ1) is 13.2. The number of hydrogen-bond acceptors (Lipinski definition) is 4. The third-order valence-electron chi connectivity index (χ3n) is 3.05. The smallest absolute Gasteiger partial charge is 0.265 e. The number of amides is 1. The number of nitrogens with one attached hydrogen (secondary N) is 1. The molecular weight excluding hydrogens is 242 g/mol. The number of hydrogen-bond donors (Lipinski definition) is 1. The van der Waals surface area contributed by atoms with Crippen LogP contribution >= 0.6 is 0 Å². The lowest BCUT2D eigenvalue weighted by Crippen LogP contribution is -2.43. The number of anilines is 2. The summed E-state index contributed by atoms with van der Waals surface area (Å²) in [5.74, 6) is 0.552. The van der Waals surface area contributed by atoms with Crippen molar-refractivity contribution in [1.29, 1.82) is 5.26 Å². The van der Waals surface area contributed by atoms with E-state index >= 15 is 0 Å². The first-order chi connectivity index (χ1) is 8.96. The van der Waals surface area contributed by atoms with Crippen molar-refractivity contribution in [2.75, 3.05) is 30.4 Å². The Labute approximate surface area is 112 Å². The lowest BCUT2D eigenvalue weighted by Gasteiger charge is -2.33. The summed E-state index contributed by atoms with van der Waals surface area (Å²) in [5.41, 5.74) is 1.02. The van der Waals surface area contributed by atoms with E-state index in [-0.39, 0.29) is 12.5 Å². The zero-order valence-electron chi connectivity index (χ0n) is 11.4. The highest BCUT2D eigenvalue weighted by atomic mass is 16.5. The predicted octanol–water partition coefficient (Wildman–Crippen LogP) is 2.00. The van der Waals surface area contributed by atoms with E-state index < -0.39 is 5.41 Å². The van der Waals surface area contributed by atoms with Gasteiger partial charge in [-0.1, -0.05) is 0 Å². The van der Waals surface area contributed by atoms with E-state index in [9.17, 15) is 4.79 Å². The monoisotopic (exact) mass is 259 g/mol. The molecule has 1 heterocycles. The highest BCUT2D eigenvalue weighted by Crippen LogP contribution is 2.36. The summed E-state index contributed by atoms with van der Waals surface area (Å²) in [6.07, 6.45) is 0. The lowest BCUT2D eigenvalue weighted by molar-refractivity contribution is -0.121. The number of carbonyl (C=O) groups excluding carboxylic acids is 1. The molecule has 19 heavy (non-hydrogen) atoms. The van der Waals surface area contributed by atoms with Crippen LogP contribution in [0.4, 0.5) is 11.4 Å². The molecule has 1 aromatic carbocycles. The van der Waals surface area contributed by atoms with Crippen molar-refractivity contribution in [3.63, 3.8) is 0 Å². The number of nitriles is 1. The standard InChI is InChI=1S/C14H17N3O2/c1-14(2,8-15)9-17-11-6-10(16-3)4-5-12(11)19-7-13(17)18/h4-6,16H,7,9H2,1-3H3. The molecule has 1 aliphatic rings. The average Bonchev–Trinajstić information content (AvgIpc) is 2.41. The van der Waals surface area contributed by atoms with Crippen LogP contribution in [0.1, 0.15) is 13.8 Å². The zero-order chi connectivity index (χ0) is 14.0. The SMILES string of the molecule is CNc1ccc2c(c1)N(CC(C)(C)C#N)C(=O)CO2. The third-order valence-corrected chi connectivity index (χ3v) is 3.05. The van der Waals surface area contributed by atoms with Crippen molar-refractivity contribution in [2.45, 2.75) is 13.8 Å². The minimum absolute atomic E-state index is 0.0212. The van der Waals surface area contributed by atoms with Crippen molar-refractivity contribution in [1.82, 2.24) is 0 Å². The van der Waals surface area contributed by atoms with Crippen molar-refractivity contribution >= 4 is 17.3 Å². The molecule has 0 atom stereocenters. The number of rotatable bonds is 3. The molecule has 0 unspecified atom stereocenters. The molecule has 1 N–H and O–H groups in total. The van der Waals surface area contributed by atoms with Crippen molar-refractivity contribution in [2.24, 2.45) is 5.41 Å². The minimum atomic E-state index is -0.597. The number of nitrogens with zero attached hydrogens (tertiary/aromatic N) is 2. The van der Waals surface area contributed by atoms with Gasteiger partial charge >= 0.3 is 0 Å². The molecule has 5 heteroatoms. The molecule has 0 saturated carbocycles. The number of carbonyl (C=O) groups is 1. The Kier molecular flexibility index (Phi) is 3.34. The maximum atomic E-state index is 12.0. The van der Waals surface area contributed by atoms with Gasteiger partial charge in [0.25, 0.3) is 5.91 Å². The summed E-state index contributed by atoms with van der Waals surface area (Å²) >= 11 is 0. The molecule has 1 aliphatic heterocycles. The normalized spacial score (nSPS) is 14.4. The summed E-state index contributed by atoms with van der Waals surface area (Å²) in [7, 11) is 1.82. The van der Waals surface area contributed by atoms with Crippen molar-refractivity contribution in [3.05, 3.63) is 18.2 Å². The summed E-state index contributed by atoms with van der Waals surface area (Å²) in [6, 6.07) is 7.80. The quantitative estimate of drug-likeness (QED) is 0.901. The van der Waals surface area contributed by atoms with Crippen LogP contribution in [-0.4, -0.2) is 26.1 Å². The Morgan fingerprint density at radius 2 is 2.26 bits per heavy atom. The third kappa shape index (κ3) is 2.63. The molecule has 0 spiro atoms. The summed E-state index contributed by atoms with van der Waals surface area (Å²) in [6.45, 7) is 4.01. The van der Waals surface area contributed by atoms with Crippen LogP contribution < -0.4 is 15.0 Å². The molecule has 1 amide bonds. The lowest BCUT2D eigenvalue weighted by atomic mass is 9.94. The van der Waals surface area contributed by atoms with Crippen LogP contribution in [0.25, 0.3) is 0 Å². The van der Waals surface area contributed by atoms with E-state index in [1.807, 2.05) is 39.1 Å². The molecule has 1 aromatic rings. The Morgan fingerprint density at radius 3 is 2.89 bits per heavy atom. The van der Waals surface area contributed by atoms with Gasteiger partial charge in [-0.3, -0.25) is 4.79 Å².